The highest BCUT2D eigenvalue weighted by Crippen LogP contribution is 2.31. The third-order valence-corrected chi connectivity index (χ3v) is 4.79. The summed E-state index contributed by atoms with van der Waals surface area (Å²) in [6.45, 7) is 0. The number of imidazole rings is 1. The van der Waals surface area contributed by atoms with E-state index in [2.05, 4.69) is 33.7 Å². The molecule has 0 spiro atoms. The van der Waals surface area contributed by atoms with Crippen LogP contribution in [-0.4, -0.2) is 27.6 Å². The molecule has 0 radical (unpaired) electrons. The van der Waals surface area contributed by atoms with Gasteiger partial charge in [-0.3, -0.25) is 0 Å². The fraction of sp³-hybridized carbons (Fsp3) is 0.750. The van der Waals surface area contributed by atoms with Crippen LogP contribution in [-0.2, 0) is 7.05 Å². The van der Waals surface area contributed by atoms with Gasteiger partial charge in [0.1, 0.15) is 5.82 Å². The highest BCUT2D eigenvalue weighted by molar-refractivity contribution is 7.99. The van der Waals surface area contributed by atoms with E-state index in [1.807, 2.05) is 19.4 Å². The Morgan fingerprint density at radius 1 is 1.56 bits per heavy atom. The van der Waals surface area contributed by atoms with Gasteiger partial charge in [-0.25, -0.2) is 4.98 Å². The summed E-state index contributed by atoms with van der Waals surface area (Å²) in [5.74, 6) is 2.28. The van der Waals surface area contributed by atoms with Gasteiger partial charge in [-0.15, -0.1) is 0 Å². The predicted molar refractivity (Wildman–Crippen MR) is 69.7 cm³/mol. The third-order valence-electron chi connectivity index (χ3n) is 3.32. The number of nitrogens with zero attached hydrogens (tertiary/aromatic N) is 2. The van der Waals surface area contributed by atoms with Crippen LogP contribution in [0, 0.1) is 0 Å². The average Bonchev–Trinajstić information content (AvgIpc) is 2.92. The van der Waals surface area contributed by atoms with Crippen molar-refractivity contribution < 1.29 is 0 Å². The Kier molecular flexibility index (Phi) is 4.29. The van der Waals surface area contributed by atoms with Crippen molar-refractivity contribution in [3.05, 3.63) is 18.2 Å². The largest absolute Gasteiger partial charge is 0.337 e. The maximum atomic E-state index is 4.42. The lowest BCUT2D eigenvalue weighted by atomic mass is 10.3. The van der Waals surface area contributed by atoms with Gasteiger partial charge in [0.15, 0.2) is 0 Å². The SMILES string of the molecule is CNC(CSC1CCCC1)c1nccn1C. The van der Waals surface area contributed by atoms with Gasteiger partial charge in [-0.05, 0) is 19.9 Å². The number of thioether (sulfide) groups is 1. The minimum atomic E-state index is 0.380. The van der Waals surface area contributed by atoms with Crippen molar-refractivity contribution in [1.82, 2.24) is 14.9 Å². The number of aryl methyl sites for hydroxylation is 1. The standard InChI is InChI=1S/C12H21N3S/c1-13-11(12-14-7-8-15(12)2)9-16-10-5-3-4-6-10/h7-8,10-11,13H,3-6,9H2,1-2H3. The molecule has 1 aromatic heterocycles. The smallest absolute Gasteiger partial charge is 0.126 e. The lowest BCUT2D eigenvalue weighted by Crippen LogP contribution is -2.23. The zero-order valence-corrected chi connectivity index (χ0v) is 11.0. The Labute approximate surface area is 102 Å². The van der Waals surface area contributed by atoms with E-state index in [1.54, 1.807) is 0 Å². The fourth-order valence-electron chi connectivity index (χ4n) is 2.29. The van der Waals surface area contributed by atoms with Crippen molar-refractivity contribution in [3.63, 3.8) is 0 Å². The van der Waals surface area contributed by atoms with Gasteiger partial charge < -0.3 is 9.88 Å². The van der Waals surface area contributed by atoms with Crippen molar-refractivity contribution in [2.75, 3.05) is 12.8 Å². The molecule has 1 aromatic rings. The molecule has 0 saturated heterocycles. The second-order valence-corrected chi connectivity index (χ2v) is 5.81. The van der Waals surface area contributed by atoms with Crippen LogP contribution in [0.1, 0.15) is 37.5 Å². The normalized spacial score (nSPS) is 19.1. The molecular formula is C12H21N3S. The lowest BCUT2D eigenvalue weighted by molar-refractivity contribution is 0.592. The Morgan fingerprint density at radius 3 is 2.88 bits per heavy atom. The van der Waals surface area contributed by atoms with E-state index in [4.69, 9.17) is 0 Å². The monoisotopic (exact) mass is 239 g/mol. The van der Waals surface area contributed by atoms with Crippen molar-refractivity contribution in [2.24, 2.45) is 7.05 Å². The van der Waals surface area contributed by atoms with E-state index in [0.717, 1.165) is 16.8 Å². The molecule has 1 fully saturated rings. The molecule has 0 aliphatic heterocycles. The Hall–Kier alpha value is -0.480. The maximum absolute atomic E-state index is 4.42. The van der Waals surface area contributed by atoms with E-state index >= 15 is 0 Å². The van der Waals surface area contributed by atoms with Crippen LogP contribution in [0.3, 0.4) is 0 Å². The minimum absolute atomic E-state index is 0.380. The molecule has 1 aliphatic carbocycles. The van der Waals surface area contributed by atoms with E-state index in [9.17, 15) is 0 Å². The number of aromatic nitrogens is 2. The van der Waals surface area contributed by atoms with Crippen LogP contribution >= 0.6 is 11.8 Å². The van der Waals surface area contributed by atoms with Gasteiger partial charge in [0, 0.05) is 30.4 Å². The second kappa shape index (κ2) is 5.73. The zero-order valence-electron chi connectivity index (χ0n) is 10.1. The summed E-state index contributed by atoms with van der Waals surface area (Å²) in [4.78, 5) is 4.42. The molecule has 1 heterocycles. The first-order chi connectivity index (χ1) is 7.81. The van der Waals surface area contributed by atoms with Crippen LogP contribution in [0.4, 0.5) is 0 Å². The first kappa shape index (κ1) is 12.0. The summed E-state index contributed by atoms with van der Waals surface area (Å²) < 4.78 is 2.11. The molecule has 1 unspecified atom stereocenters. The fourth-order valence-corrected chi connectivity index (χ4v) is 3.73. The Balaban J connectivity index is 1.88. The highest BCUT2D eigenvalue weighted by atomic mass is 32.2. The van der Waals surface area contributed by atoms with Gasteiger partial charge in [0.25, 0.3) is 0 Å². The summed E-state index contributed by atoms with van der Waals surface area (Å²) in [7, 11) is 4.08. The molecule has 0 amide bonds. The van der Waals surface area contributed by atoms with E-state index in [0.29, 0.717) is 6.04 Å². The Bertz CT molecular complexity index is 318. The van der Waals surface area contributed by atoms with E-state index in [-0.39, 0.29) is 0 Å². The van der Waals surface area contributed by atoms with Crippen LogP contribution in [0.15, 0.2) is 12.4 Å². The number of hydrogen-bond donors (Lipinski definition) is 1. The molecule has 1 atom stereocenters. The molecule has 2 rings (SSSR count). The van der Waals surface area contributed by atoms with Crippen LogP contribution in [0.25, 0.3) is 0 Å². The van der Waals surface area contributed by atoms with Crippen molar-refractivity contribution >= 4 is 11.8 Å². The molecule has 3 nitrogen and oxygen atoms in total. The van der Waals surface area contributed by atoms with Crippen molar-refractivity contribution in [2.45, 2.75) is 37.0 Å². The predicted octanol–water partition coefficient (Wildman–Crippen LogP) is 2.36. The molecule has 1 aliphatic rings. The Morgan fingerprint density at radius 2 is 2.31 bits per heavy atom. The summed E-state index contributed by atoms with van der Waals surface area (Å²) in [5, 5.41) is 4.25. The summed E-state index contributed by atoms with van der Waals surface area (Å²) in [6.07, 6.45) is 9.54. The summed E-state index contributed by atoms with van der Waals surface area (Å²) in [6, 6.07) is 0.380. The quantitative estimate of drug-likeness (QED) is 0.855. The van der Waals surface area contributed by atoms with Gasteiger partial charge in [-0.2, -0.15) is 11.8 Å². The number of rotatable bonds is 5. The molecule has 90 valence electrons. The van der Waals surface area contributed by atoms with E-state index < -0.39 is 0 Å². The second-order valence-electron chi connectivity index (χ2n) is 4.48. The lowest BCUT2D eigenvalue weighted by Gasteiger charge is -2.17. The van der Waals surface area contributed by atoms with Crippen molar-refractivity contribution in [3.8, 4) is 0 Å². The van der Waals surface area contributed by atoms with E-state index in [1.165, 1.54) is 25.7 Å². The van der Waals surface area contributed by atoms with Gasteiger partial charge in [0.05, 0.1) is 6.04 Å². The molecular weight excluding hydrogens is 218 g/mol. The first-order valence-electron chi connectivity index (χ1n) is 6.07. The molecule has 0 bridgehead atoms. The maximum Gasteiger partial charge on any atom is 0.126 e. The molecule has 1 N–H and O–H groups in total. The van der Waals surface area contributed by atoms with Gasteiger partial charge in [0.2, 0.25) is 0 Å². The summed E-state index contributed by atoms with van der Waals surface area (Å²) >= 11 is 2.11. The number of nitrogens with one attached hydrogen (secondary N) is 1. The molecule has 0 aromatic carbocycles. The summed E-state index contributed by atoms with van der Waals surface area (Å²) in [5.41, 5.74) is 0. The van der Waals surface area contributed by atoms with Gasteiger partial charge >= 0.3 is 0 Å². The third kappa shape index (κ3) is 2.80. The minimum Gasteiger partial charge on any atom is -0.337 e. The highest BCUT2D eigenvalue weighted by Gasteiger charge is 2.19. The van der Waals surface area contributed by atoms with Crippen LogP contribution in [0.2, 0.25) is 0 Å². The molecule has 4 heteroatoms. The average molecular weight is 239 g/mol. The molecule has 1 saturated carbocycles. The van der Waals surface area contributed by atoms with Gasteiger partial charge in [-0.1, -0.05) is 12.8 Å². The van der Waals surface area contributed by atoms with Crippen molar-refractivity contribution in [1.29, 1.82) is 0 Å². The topological polar surface area (TPSA) is 29.9 Å². The van der Waals surface area contributed by atoms with Crippen LogP contribution in [0.5, 0.6) is 0 Å². The van der Waals surface area contributed by atoms with Crippen LogP contribution < -0.4 is 5.32 Å². The number of hydrogen-bond acceptors (Lipinski definition) is 3. The molecule has 16 heavy (non-hydrogen) atoms. The first-order valence-corrected chi connectivity index (χ1v) is 7.12. The zero-order chi connectivity index (χ0) is 11.4.